The van der Waals surface area contributed by atoms with Crippen molar-refractivity contribution in [2.45, 2.75) is 57.1 Å². The van der Waals surface area contributed by atoms with E-state index in [0.29, 0.717) is 22.6 Å². The highest BCUT2D eigenvalue weighted by molar-refractivity contribution is 5.92. The standard InChI is InChI=1S/C27H30F7N3O3/c1-25(2,3)40-24(39)37-11-10-22(21(15-37)16-6-8-19(28)9-7-16)36(5)23(38)35(4)20-13-17(26(29,30)31)12-18(14-20)27(32,33)34/h6-9,12-14,21-22H,10-11,15H2,1-5H3/t21-,22-/m0/s1. The number of rotatable bonds is 3. The van der Waals surface area contributed by atoms with Gasteiger partial charge in [0.25, 0.3) is 0 Å². The molecule has 0 radical (unpaired) electrons. The number of likely N-dealkylation sites (tertiary alicyclic amines) is 1. The van der Waals surface area contributed by atoms with E-state index in [1.165, 1.54) is 41.1 Å². The molecule has 0 bridgehead atoms. The Morgan fingerprint density at radius 1 is 0.900 bits per heavy atom. The molecular formula is C27H30F7N3O3. The summed E-state index contributed by atoms with van der Waals surface area (Å²) in [5.74, 6) is -1.06. The van der Waals surface area contributed by atoms with E-state index in [-0.39, 0.29) is 25.6 Å². The van der Waals surface area contributed by atoms with Gasteiger partial charge in [-0.25, -0.2) is 14.0 Å². The number of halogens is 7. The molecule has 3 amide bonds. The van der Waals surface area contributed by atoms with Crippen LogP contribution in [-0.2, 0) is 17.1 Å². The fourth-order valence-electron chi connectivity index (χ4n) is 4.55. The minimum atomic E-state index is -5.08. The number of ether oxygens (including phenoxy) is 1. The predicted octanol–water partition coefficient (Wildman–Crippen LogP) is 7.14. The van der Waals surface area contributed by atoms with Crippen LogP contribution >= 0.6 is 0 Å². The SMILES string of the molecule is CN(C(=O)N(C)[C@H]1CCN(C(=O)OC(C)(C)C)C[C@H]1c1ccc(F)cc1)c1cc(C(F)(F)F)cc(C(F)(F)F)c1. The number of alkyl halides is 6. The normalized spacial score (nSPS) is 18.4. The zero-order valence-electron chi connectivity index (χ0n) is 22.5. The lowest BCUT2D eigenvalue weighted by Gasteiger charge is -2.43. The van der Waals surface area contributed by atoms with Crippen molar-refractivity contribution >= 4 is 17.8 Å². The summed E-state index contributed by atoms with van der Waals surface area (Å²) in [5, 5.41) is 0. The molecule has 0 N–H and O–H groups in total. The summed E-state index contributed by atoms with van der Waals surface area (Å²) < 4.78 is 99.3. The van der Waals surface area contributed by atoms with Crippen LogP contribution < -0.4 is 4.90 Å². The third-order valence-corrected chi connectivity index (χ3v) is 6.57. The first kappa shape index (κ1) is 31.0. The minimum absolute atomic E-state index is 0.0114. The molecule has 0 unspecified atom stereocenters. The number of carbonyl (C=O) groups excluding carboxylic acids is 2. The molecule has 0 aliphatic carbocycles. The van der Waals surface area contributed by atoms with Gasteiger partial charge in [0.2, 0.25) is 0 Å². The largest absolute Gasteiger partial charge is 0.444 e. The van der Waals surface area contributed by atoms with Gasteiger partial charge in [0.15, 0.2) is 0 Å². The van der Waals surface area contributed by atoms with Gasteiger partial charge < -0.3 is 14.5 Å². The zero-order valence-corrected chi connectivity index (χ0v) is 22.5. The van der Waals surface area contributed by atoms with Crippen molar-refractivity contribution < 1.29 is 45.1 Å². The van der Waals surface area contributed by atoms with Crippen LogP contribution in [0.1, 0.15) is 49.8 Å². The summed E-state index contributed by atoms with van der Waals surface area (Å²) in [4.78, 5) is 29.5. The van der Waals surface area contributed by atoms with Crippen molar-refractivity contribution in [1.29, 1.82) is 0 Å². The van der Waals surface area contributed by atoms with E-state index >= 15 is 0 Å². The third-order valence-electron chi connectivity index (χ3n) is 6.57. The summed E-state index contributed by atoms with van der Waals surface area (Å²) in [5.41, 5.74) is -3.87. The van der Waals surface area contributed by atoms with Gasteiger partial charge in [-0.1, -0.05) is 12.1 Å². The van der Waals surface area contributed by atoms with Crippen LogP contribution in [0.25, 0.3) is 0 Å². The van der Waals surface area contributed by atoms with Crippen molar-refractivity contribution in [1.82, 2.24) is 9.80 Å². The molecule has 13 heteroatoms. The van der Waals surface area contributed by atoms with Crippen molar-refractivity contribution in [3.05, 3.63) is 65.0 Å². The molecule has 40 heavy (non-hydrogen) atoms. The maximum atomic E-state index is 13.6. The molecule has 6 nitrogen and oxygen atoms in total. The summed E-state index contributed by atoms with van der Waals surface area (Å²) in [7, 11) is 2.46. The molecule has 0 spiro atoms. The number of hydrogen-bond donors (Lipinski definition) is 0. The van der Waals surface area contributed by atoms with Gasteiger partial charge in [-0.3, -0.25) is 4.90 Å². The zero-order chi connectivity index (χ0) is 30.2. The molecule has 1 aliphatic rings. The van der Waals surface area contributed by atoms with Gasteiger partial charge >= 0.3 is 24.5 Å². The first-order valence-electron chi connectivity index (χ1n) is 12.3. The number of benzene rings is 2. The van der Waals surface area contributed by atoms with Gasteiger partial charge in [0.05, 0.1) is 11.1 Å². The number of nitrogens with zero attached hydrogens (tertiary/aromatic N) is 3. The number of likely N-dealkylation sites (N-methyl/N-ethyl adjacent to an activating group) is 1. The topological polar surface area (TPSA) is 53.1 Å². The molecule has 1 heterocycles. The summed E-state index contributed by atoms with van der Waals surface area (Å²) >= 11 is 0. The Kier molecular flexibility index (Phi) is 8.66. The quantitative estimate of drug-likeness (QED) is 0.365. The lowest BCUT2D eigenvalue weighted by molar-refractivity contribution is -0.143. The predicted molar refractivity (Wildman–Crippen MR) is 133 cm³/mol. The van der Waals surface area contributed by atoms with Crippen molar-refractivity contribution in [3.63, 3.8) is 0 Å². The molecule has 0 saturated carbocycles. The molecule has 2 aromatic carbocycles. The lowest BCUT2D eigenvalue weighted by atomic mass is 9.85. The second-order valence-electron chi connectivity index (χ2n) is 10.7. The van der Waals surface area contributed by atoms with Crippen LogP contribution in [0.2, 0.25) is 0 Å². The molecule has 1 aliphatic heterocycles. The molecule has 0 aromatic heterocycles. The average Bonchev–Trinajstić information content (AvgIpc) is 2.85. The van der Waals surface area contributed by atoms with Gasteiger partial charge in [-0.2, -0.15) is 26.3 Å². The Morgan fingerprint density at radius 2 is 1.43 bits per heavy atom. The Labute approximate surface area is 227 Å². The molecule has 3 rings (SSSR count). The summed E-state index contributed by atoms with van der Waals surface area (Å²) in [6, 6.07) is 4.87. The molecular weight excluding hydrogens is 547 g/mol. The first-order chi connectivity index (χ1) is 18.3. The first-order valence-corrected chi connectivity index (χ1v) is 12.3. The third kappa shape index (κ3) is 7.36. The van der Waals surface area contributed by atoms with Crippen molar-refractivity contribution in [2.24, 2.45) is 0 Å². The summed E-state index contributed by atoms with van der Waals surface area (Å²) in [6.45, 7) is 5.36. The maximum Gasteiger partial charge on any atom is 0.416 e. The molecule has 2 atom stereocenters. The van der Waals surface area contributed by atoms with Gasteiger partial charge in [-0.15, -0.1) is 0 Å². The molecule has 1 fully saturated rings. The number of carbonyl (C=O) groups is 2. The Morgan fingerprint density at radius 3 is 1.90 bits per heavy atom. The van der Waals surface area contributed by atoms with Crippen LogP contribution in [-0.4, -0.2) is 60.8 Å². The van der Waals surface area contributed by atoms with Crippen LogP contribution in [0.15, 0.2) is 42.5 Å². The number of hydrogen-bond acceptors (Lipinski definition) is 3. The Bertz CT molecular complexity index is 1190. The van der Waals surface area contributed by atoms with E-state index in [4.69, 9.17) is 4.74 Å². The van der Waals surface area contributed by atoms with Crippen LogP contribution in [0.5, 0.6) is 0 Å². The van der Waals surface area contributed by atoms with Gasteiger partial charge in [0.1, 0.15) is 11.4 Å². The number of urea groups is 1. The molecule has 2 aromatic rings. The molecule has 1 saturated heterocycles. The van der Waals surface area contributed by atoms with Crippen LogP contribution in [0.3, 0.4) is 0 Å². The smallest absolute Gasteiger partial charge is 0.416 e. The second-order valence-corrected chi connectivity index (χ2v) is 10.7. The maximum absolute atomic E-state index is 13.6. The van der Waals surface area contributed by atoms with E-state index in [2.05, 4.69) is 0 Å². The number of anilines is 1. The highest BCUT2D eigenvalue weighted by Crippen LogP contribution is 2.39. The highest BCUT2D eigenvalue weighted by atomic mass is 19.4. The number of piperidine rings is 1. The summed E-state index contributed by atoms with van der Waals surface area (Å²) in [6.07, 6.45) is -10.5. The van der Waals surface area contributed by atoms with Gasteiger partial charge in [-0.05, 0) is 63.1 Å². The van der Waals surface area contributed by atoms with Crippen LogP contribution in [0.4, 0.5) is 46.0 Å². The van der Waals surface area contributed by atoms with E-state index < -0.39 is 64.7 Å². The van der Waals surface area contributed by atoms with E-state index in [9.17, 15) is 40.3 Å². The van der Waals surface area contributed by atoms with Crippen LogP contribution in [0, 0.1) is 5.82 Å². The number of amides is 3. The average molecular weight is 578 g/mol. The fraction of sp³-hybridized carbons (Fsp3) is 0.481. The Balaban J connectivity index is 1.93. The molecule has 220 valence electrons. The highest BCUT2D eigenvalue weighted by Gasteiger charge is 2.40. The van der Waals surface area contributed by atoms with Crippen molar-refractivity contribution in [2.75, 3.05) is 32.1 Å². The monoisotopic (exact) mass is 577 g/mol. The second kappa shape index (κ2) is 11.2. The van der Waals surface area contributed by atoms with E-state index in [1.54, 1.807) is 20.8 Å². The minimum Gasteiger partial charge on any atom is -0.444 e. The van der Waals surface area contributed by atoms with Gasteiger partial charge in [0, 0.05) is 44.8 Å². The fourth-order valence-corrected chi connectivity index (χ4v) is 4.55. The Hall–Kier alpha value is -3.51. The van der Waals surface area contributed by atoms with E-state index in [1.807, 2.05) is 0 Å². The van der Waals surface area contributed by atoms with Crippen molar-refractivity contribution in [3.8, 4) is 0 Å². The van der Waals surface area contributed by atoms with E-state index in [0.717, 1.165) is 7.05 Å². The lowest BCUT2D eigenvalue weighted by Crippen LogP contribution is -2.54.